The average Bonchev–Trinajstić information content (AvgIpc) is 2.32. The summed E-state index contributed by atoms with van der Waals surface area (Å²) in [6, 6.07) is 0. The Hall–Kier alpha value is -1.17. The minimum Gasteiger partial charge on any atom is -0.247 e. The molecule has 0 radical (unpaired) electrons. The highest BCUT2D eigenvalue weighted by molar-refractivity contribution is 7.86. The van der Waals surface area contributed by atoms with Crippen molar-refractivity contribution in [1.82, 2.24) is 9.78 Å². The Morgan fingerprint density at radius 2 is 2.36 bits per heavy atom. The van der Waals surface area contributed by atoms with Crippen LogP contribution in [0.3, 0.4) is 0 Å². The third-order valence-corrected chi connectivity index (χ3v) is 1.82. The molecule has 0 aliphatic carbocycles. The lowest BCUT2D eigenvalue weighted by molar-refractivity contribution is 0.552. The number of rotatable bonds is 2. The number of nitrogens with zero attached hydrogens (tertiary/aromatic N) is 2. The number of hydrogen-bond donors (Lipinski definition) is 0. The Morgan fingerprint density at radius 1 is 1.73 bits per heavy atom. The normalized spacial score (nSPS) is 11.4. The van der Waals surface area contributed by atoms with Gasteiger partial charge in [-0.3, -0.25) is 0 Å². The van der Waals surface area contributed by atoms with Crippen LogP contribution in [0.5, 0.6) is 0 Å². The van der Waals surface area contributed by atoms with E-state index < -0.39 is 15.1 Å². The van der Waals surface area contributed by atoms with Gasteiger partial charge in [-0.2, -0.15) is 13.5 Å². The van der Waals surface area contributed by atoms with Crippen LogP contribution in [0.1, 0.15) is 0 Å². The molecular weight excluding hydrogens is 171 g/mol. The molecule has 11 heavy (non-hydrogen) atoms. The molecule has 1 heterocycles. The Bertz CT molecular complexity index is 368. The van der Waals surface area contributed by atoms with Crippen LogP contribution in [-0.4, -0.2) is 18.2 Å². The van der Waals surface area contributed by atoms with Crippen molar-refractivity contribution in [3.8, 4) is 0 Å². The van der Waals surface area contributed by atoms with E-state index in [0.29, 0.717) is 0 Å². The Morgan fingerprint density at radius 3 is 2.64 bits per heavy atom. The van der Waals surface area contributed by atoms with Gasteiger partial charge < -0.3 is 0 Å². The lowest BCUT2D eigenvalue weighted by atomic mass is 10.7. The smallest absolute Gasteiger partial charge is 0.247 e. The zero-order valence-electron chi connectivity index (χ0n) is 5.44. The summed E-state index contributed by atoms with van der Waals surface area (Å²) >= 11 is 0. The molecule has 0 unspecified atom stereocenters. The van der Waals surface area contributed by atoms with Crippen molar-refractivity contribution in [3.05, 3.63) is 19.0 Å². The van der Waals surface area contributed by atoms with Gasteiger partial charge in [0.1, 0.15) is 4.90 Å². The van der Waals surface area contributed by atoms with Crippen molar-refractivity contribution in [2.24, 2.45) is 0 Å². The Kier molecular flexibility index (Phi) is 1.77. The highest BCUT2D eigenvalue weighted by Gasteiger charge is 2.13. The predicted octanol–water partition coefficient (Wildman–Crippen LogP) is 0.642. The van der Waals surface area contributed by atoms with Gasteiger partial charge in [-0.05, 0) is 0 Å². The zero-order valence-corrected chi connectivity index (χ0v) is 6.25. The molecule has 0 bridgehead atoms. The monoisotopic (exact) mass is 176 g/mol. The van der Waals surface area contributed by atoms with Crippen LogP contribution in [0.4, 0.5) is 3.89 Å². The molecule has 4 nitrogen and oxygen atoms in total. The van der Waals surface area contributed by atoms with Crippen LogP contribution in [0.15, 0.2) is 23.9 Å². The number of hydrogen-bond acceptors (Lipinski definition) is 3. The first kappa shape index (κ1) is 7.93. The number of aromatic nitrogens is 2. The summed E-state index contributed by atoms with van der Waals surface area (Å²) < 4.78 is 33.7. The molecule has 0 fully saturated rings. The van der Waals surface area contributed by atoms with Gasteiger partial charge in [0.25, 0.3) is 0 Å². The maximum absolute atomic E-state index is 12.2. The minimum absolute atomic E-state index is 0.461. The summed E-state index contributed by atoms with van der Waals surface area (Å²) in [6.45, 7) is 3.31. The minimum atomic E-state index is -4.62. The van der Waals surface area contributed by atoms with Crippen molar-refractivity contribution in [2.45, 2.75) is 4.90 Å². The van der Waals surface area contributed by atoms with E-state index in [-0.39, 0.29) is 0 Å². The molecular formula is C5H5FN2O2S. The summed E-state index contributed by atoms with van der Waals surface area (Å²) in [6.07, 6.45) is 3.20. The van der Waals surface area contributed by atoms with Gasteiger partial charge in [0.15, 0.2) is 0 Å². The molecule has 0 N–H and O–H groups in total. The predicted molar refractivity (Wildman–Crippen MR) is 36.9 cm³/mol. The summed E-state index contributed by atoms with van der Waals surface area (Å²) in [5.41, 5.74) is 0. The maximum Gasteiger partial charge on any atom is 0.335 e. The van der Waals surface area contributed by atoms with Crippen LogP contribution in [0.25, 0.3) is 6.20 Å². The van der Waals surface area contributed by atoms with Crippen molar-refractivity contribution >= 4 is 16.4 Å². The molecule has 0 aromatic carbocycles. The topological polar surface area (TPSA) is 52.0 Å². The summed E-state index contributed by atoms with van der Waals surface area (Å²) in [7, 11) is -4.62. The average molecular weight is 176 g/mol. The van der Waals surface area contributed by atoms with E-state index in [1.54, 1.807) is 0 Å². The zero-order chi connectivity index (χ0) is 8.48. The molecule has 1 rings (SSSR count). The van der Waals surface area contributed by atoms with E-state index in [0.717, 1.165) is 17.1 Å². The summed E-state index contributed by atoms with van der Waals surface area (Å²) in [5, 5.41) is 3.48. The summed E-state index contributed by atoms with van der Waals surface area (Å²) in [4.78, 5) is -0.461. The van der Waals surface area contributed by atoms with E-state index in [1.807, 2.05) is 0 Å². The second-order valence-corrected chi connectivity index (χ2v) is 3.12. The van der Waals surface area contributed by atoms with Crippen LogP contribution >= 0.6 is 0 Å². The Labute approximate surface area is 63.2 Å². The fourth-order valence-corrected chi connectivity index (χ4v) is 0.953. The highest BCUT2D eigenvalue weighted by atomic mass is 32.3. The highest BCUT2D eigenvalue weighted by Crippen LogP contribution is 2.09. The standard InChI is InChI=1S/C5H5FN2O2S/c1-2-8-4-5(3-7-8)11(6,9)10/h2-4H,1H2. The van der Waals surface area contributed by atoms with Crippen molar-refractivity contribution < 1.29 is 12.3 Å². The van der Waals surface area contributed by atoms with E-state index in [1.165, 1.54) is 6.20 Å². The van der Waals surface area contributed by atoms with Gasteiger partial charge in [-0.25, -0.2) is 4.68 Å². The molecule has 0 saturated carbocycles. The molecule has 0 saturated heterocycles. The molecule has 0 atom stereocenters. The first-order chi connectivity index (χ1) is 5.04. The van der Waals surface area contributed by atoms with Gasteiger partial charge >= 0.3 is 10.2 Å². The van der Waals surface area contributed by atoms with E-state index >= 15 is 0 Å². The molecule has 0 aliphatic rings. The second kappa shape index (κ2) is 2.46. The van der Waals surface area contributed by atoms with Gasteiger partial charge in [0, 0.05) is 6.20 Å². The molecule has 1 aromatic heterocycles. The van der Waals surface area contributed by atoms with Gasteiger partial charge in [-0.15, -0.1) is 3.89 Å². The van der Waals surface area contributed by atoms with Gasteiger partial charge in [0.05, 0.1) is 12.4 Å². The quantitative estimate of drug-likeness (QED) is 0.621. The van der Waals surface area contributed by atoms with Crippen LogP contribution in [0.2, 0.25) is 0 Å². The van der Waals surface area contributed by atoms with Crippen molar-refractivity contribution in [2.75, 3.05) is 0 Å². The van der Waals surface area contributed by atoms with Crippen LogP contribution < -0.4 is 0 Å². The van der Waals surface area contributed by atoms with Crippen molar-refractivity contribution in [1.29, 1.82) is 0 Å². The SMILES string of the molecule is C=Cn1cc(S(=O)(=O)F)cn1. The number of halogens is 1. The molecule has 0 amide bonds. The molecule has 6 heteroatoms. The molecule has 0 spiro atoms. The van der Waals surface area contributed by atoms with Crippen LogP contribution in [0, 0.1) is 0 Å². The molecule has 1 aromatic rings. The van der Waals surface area contributed by atoms with Gasteiger partial charge in [0.2, 0.25) is 0 Å². The first-order valence-electron chi connectivity index (χ1n) is 2.65. The lowest BCUT2D eigenvalue weighted by Gasteiger charge is -1.84. The maximum atomic E-state index is 12.2. The molecule has 60 valence electrons. The van der Waals surface area contributed by atoms with E-state index in [2.05, 4.69) is 11.7 Å². The first-order valence-corrected chi connectivity index (χ1v) is 4.04. The van der Waals surface area contributed by atoms with E-state index in [9.17, 15) is 12.3 Å². The van der Waals surface area contributed by atoms with Gasteiger partial charge in [-0.1, -0.05) is 6.58 Å². The third kappa shape index (κ3) is 1.64. The van der Waals surface area contributed by atoms with Crippen LogP contribution in [-0.2, 0) is 10.2 Å². The van der Waals surface area contributed by atoms with Crippen molar-refractivity contribution in [3.63, 3.8) is 0 Å². The third-order valence-electron chi connectivity index (χ3n) is 1.05. The largest absolute Gasteiger partial charge is 0.335 e. The second-order valence-electron chi connectivity index (χ2n) is 1.78. The summed E-state index contributed by atoms with van der Waals surface area (Å²) in [5.74, 6) is 0. The fourth-order valence-electron chi connectivity index (χ4n) is 0.546. The fraction of sp³-hybridized carbons (Fsp3) is 0. The molecule has 0 aliphatic heterocycles. The lowest BCUT2D eigenvalue weighted by Crippen LogP contribution is -1.88. The van der Waals surface area contributed by atoms with E-state index in [4.69, 9.17) is 0 Å². The Balaban J connectivity index is 3.18.